The summed E-state index contributed by atoms with van der Waals surface area (Å²) in [5, 5.41) is 0. The van der Waals surface area contributed by atoms with E-state index in [1.54, 1.807) is 0 Å². The summed E-state index contributed by atoms with van der Waals surface area (Å²) in [5.74, 6) is 0.985. The Morgan fingerprint density at radius 3 is 2.43 bits per heavy atom. The van der Waals surface area contributed by atoms with Gasteiger partial charge in [0.05, 0.1) is 0 Å². The van der Waals surface area contributed by atoms with Gasteiger partial charge in [-0.2, -0.15) is 0 Å². The van der Waals surface area contributed by atoms with E-state index in [0.29, 0.717) is 0 Å². The van der Waals surface area contributed by atoms with Gasteiger partial charge in [0.25, 0.3) is 0 Å². The number of piperidine rings is 3. The zero-order valence-corrected chi connectivity index (χ0v) is 9.87. The van der Waals surface area contributed by atoms with Gasteiger partial charge >= 0.3 is 0 Å². The van der Waals surface area contributed by atoms with Crippen LogP contribution in [-0.4, -0.2) is 48.6 Å². The number of fused-ring (bicyclic) bond motifs is 3. The van der Waals surface area contributed by atoms with Gasteiger partial charge in [0, 0.05) is 18.6 Å². The van der Waals surface area contributed by atoms with Crippen molar-refractivity contribution in [3.63, 3.8) is 0 Å². The quantitative estimate of drug-likeness (QED) is 0.679. The Bertz CT molecular complexity index is 185. The summed E-state index contributed by atoms with van der Waals surface area (Å²) >= 11 is 0. The number of hydrogen-bond acceptors (Lipinski definition) is 2. The lowest BCUT2D eigenvalue weighted by atomic mass is 9.83. The van der Waals surface area contributed by atoms with E-state index < -0.39 is 0 Å². The lowest BCUT2D eigenvalue weighted by Gasteiger charge is -2.49. The molecule has 0 aliphatic carbocycles. The molecule has 3 aliphatic rings. The summed E-state index contributed by atoms with van der Waals surface area (Å²) in [5.41, 5.74) is 0. The first-order chi connectivity index (χ1) is 6.72. The highest BCUT2D eigenvalue weighted by atomic mass is 15.3. The zero-order chi connectivity index (χ0) is 10.1. The highest BCUT2D eigenvalue weighted by molar-refractivity contribution is 4.92. The van der Waals surface area contributed by atoms with Crippen molar-refractivity contribution in [2.45, 2.75) is 45.2 Å². The second-order valence-electron chi connectivity index (χ2n) is 5.13. The molecule has 0 N–H and O–H groups in total. The van der Waals surface area contributed by atoms with Crippen LogP contribution in [0.15, 0.2) is 0 Å². The van der Waals surface area contributed by atoms with Gasteiger partial charge in [-0.05, 0) is 52.2 Å². The molecule has 0 spiro atoms. The van der Waals surface area contributed by atoms with E-state index >= 15 is 0 Å². The lowest BCUT2D eigenvalue weighted by molar-refractivity contribution is 0.00128. The second kappa shape index (κ2) is 4.19. The van der Waals surface area contributed by atoms with Gasteiger partial charge in [-0.15, -0.1) is 0 Å². The third-order valence-electron chi connectivity index (χ3n) is 4.43. The smallest absolute Gasteiger partial charge is 0.0252 e. The molecule has 14 heavy (non-hydrogen) atoms. The van der Waals surface area contributed by atoms with E-state index in [9.17, 15) is 0 Å². The Labute approximate surface area is 88.3 Å². The third-order valence-corrected chi connectivity index (χ3v) is 4.43. The van der Waals surface area contributed by atoms with Crippen LogP contribution in [0, 0.1) is 5.92 Å². The fourth-order valence-corrected chi connectivity index (χ4v) is 3.01. The van der Waals surface area contributed by atoms with Crippen LogP contribution in [0.5, 0.6) is 0 Å². The summed E-state index contributed by atoms with van der Waals surface area (Å²) in [6, 6.07) is 1.59. The molecule has 3 rings (SSSR count). The summed E-state index contributed by atoms with van der Waals surface area (Å²) in [6.45, 7) is 8.69. The molecule has 0 aromatic rings. The predicted molar refractivity (Wildman–Crippen MR) is 60.5 cm³/mol. The molecule has 82 valence electrons. The van der Waals surface area contributed by atoms with E-state index in [1.807, 2.05) is 0 Å². The monoisotopic (exact) mass is 196 g/mol. The van der Waals surface area contributed by atoms with Crippen molar-refractivity contribution in [1.29, 1.82) is 0 Å². The van der Waals surface area contributed by atoms with Crippen molar-refractivity contribution >= 4 is 0 Å². The molecule has 3 fully saturated rings. The number of hydrogen-bond donors (Lipinski definition) is 0. The Morgan fingerprint density at radius 1 is 1.36 bits per heavy atom. The molecule has 2 heteroatoms. The first-order valence-corrected chi connectivity index (χ1v) is 6.16. The molecule has 2 unspecified atom stereocenters. The average molecular weight is 196 g/mol. The number of nitrogens with zero attached hydrogens (tertiary/aromatic N) is 2. The van der Waals surface area contributed by atoms with E-state index in [4.69, 9.17) is 0 Å². The number of likely N-dealkylation sites (N-methyl/N-ethyl adjacent to an activating group) is 1. The maximum Gasteiger partial charge on any atom is 0.0252 e. The molecule has 0 radical (unpaired) electrons. The Kier molecular flexibility index (Phi) is 3.13. The third kappa shape index (κ3) is 1.82. The minimum absolute atomic E-state index is 0.751. The Morgan fingerprint density at radius 2 is 2.00 bits per heavy atom. The SMILES string of the molecule is CCC(C)N(C)C1CN2CCC1CC2. The maximum absolute atomic E-state index is 2.64. The summed E-state index contributed by atoms with van der Waals surface area (Å²) < 4.78 is 0. The molecular weight excluding hydrogens is 172 g/mol. The summed E-state index contributed by atoms with van der Waals surface area (Å²) in [6.07, 6.45) is 4.15. The lowest BCUT2D eigenvalue weighted by Crippen LogP contribution is -2.57. The Balaban J connectivity index is 1.97. The Hall–Kier alpha value is -0.0800. The number of rotatable bonds is 3. The molecule has 2 bridgehead atoms. The van der Waals surface area contributed by atoms with Gasteiger partial charge in [-0.25, -0.2) is 0 Å². The predicted octanol–water partition coefficient (Wildman–Crippen LogP) is 1.81. The summed E-state index contributed by atoms with van der Waals surface area (Å²) in [7, 11) is 2.32. The van der Waals surface area contributed by atoms with Crippen molar-refractivity contribution in [2.24, 2.45) is 5.92 Å². The van der Waals surface area contributed by atoms with Crippen LogP contribution in [0.25, 0.3) is 0 Å². The molecule has 3 saturated heterocycles. The van der Waals surface area contributed by atoms with Gasteiger partial charge in [0.15, 0.2) is 0 Å². The van der Waals surface area contributed by atoms with Gasteiger partial charge < -0.3 is 4.90 Å². The molecule has 0 aromatic carbocycles. The highest BCUT2D eigenvalue weighted by Gasteiger charge is 2.36. The van der Waals surface area contributed by atoms with Crippen LogP contribution in [-0.2, 0) is 0 Å². The molecular formula is C12H24N2. The van der Waals surface area contributed by atoms with Gasteiger partial charge in [0.2, 0.25) is 0 Å². The van der Waals surface area contributed by atoms with Crippen LogP contribution >= 0.6 is 0 Å². The molecule has 0 amide bonds. The average Bonchev–Trinajstić information content (AvgIpc) is 2.28. The van der Waals surface area contributed by atoms with Crippen molar-refractivity contribution in [2.75, 3.05) is 26.7 Å². The van der Waals surface area contributed by atoms with Crippen molar-refractivity contribution < 1.29 is 0 Å². The minimum Gasteiger partial charge on any atom is -0.302 e. The van der Waals surface area contributed by atoms with Crippen molar-refractivity contribution in [1.82, 2.24) is 9.80 Å². The van der Waals surface area contributed by atoms with Gasteiger partial charge in [-0.1, -0.05) is 6.92 Å². The maximum atomic E-state index is 2.64. The largest absolute Gasteiger partial charge is 0.302 e. The molecule has 3 heterocycles. The first kappa shape index (κ1) is 10.4. The van der Waals surface area contributed by atoms with Crippen molar-refractivity contribution in [3.8, 4) is 0 Å². The standard InChI is InChI=1S/C12H24N2/c1-4-10(2)13(3)12-9-14-7-5-11(12)6-8-14/h10-12H,4-9H2,1-3H3. The van der Waals surface area contributed by atoms with E-state index in [2.05, 4.69) is 30.7 Å². The van der Waals surface area contributed by atoms with Gasteiger partial charge in [0.1, 0.15) is 0 Å². The van der Waals surface area contributed by atoms with Crippen LogP contribution in [0.4, 0.5) is 0 Å². The molecule has 0 saturated carbocycles. The van der Waals surface area contributed by atoms with Crippen LogP contribution in [0.2, 0.25) is 0 Å². The van der Waals surface area contributed by atoms with Gasteiger partial charge in [-0.3, -0.25) is 4.90 Å². The van der Waals surface area contributed by atoms with Crippen LogP contribution < -0.4 is 0 Å². The summed E-state index contributed by atoms with van der Waals surface area (Å²) in [4.78, 5) is 5.26. The topological polar surface area (TPSA) is 6.48 Å². The van der Waals surface area contributed by atoms with Crippen molar-refractivity contribution in [3.05, 3.63) is 0 Å². The fraction of sp³-hybridized carbons (Fsp3) is 1.00. The van der Waals surface area contributed by atoms with Crippen LogP contribution in [0.3, 0.4) is 0 Å². The zero-order valence-electron chi connectivity index (χ0n) is 9.87. The highest BCUT2D eigenvalue weighted by Crippen LogP contribution is 2.31. The second-order valence-corrected chi connectivity index (χ2v) is 5.13. The van der Waals surface area contributed by atoms with E-state index in [0.717, 1.165) is 18.0 Å². The molecule has 3 aliphatic heterocycles. The fourth-order valence-electron chi connectivity index (χ4n) is 3.01. The molecule has 2 nitrogen and oxygen atoms in total. The van der Waals surface area contributed by atoms with Crippen LogP contribution in [0.1, 0.15) is 33.1 Å². The first-order valence-electron chi connectivity index (χ1n) is 6.16. The molecule has 2 atom stereocenters. The minimum atomic E-state index is 0.751. The van der Waals surface area contributed by atoms with E-state index in [-0.39, 0.29) is 0 Å². The molecule has 0 aromatic heterocycles. The van der Waals surface area contributed by atoms with E-state index in [1.165, 1.54) is 38.9 Å². The normalized spacial score (nSPS) is 39.0.